The number of hydrogen-bond donors (Lipinski definition) is 2. The van der Waals surface area contributed by atoms with Crippen molar-refractivity contribution < 1.29 is 14.0 Å². The number of nitrogens with one attached hydrogen (secondary N) is 2. The van der Waals surface area contributed by atoms with Crippen LogP contribution in [-0.4, -0.2) is 27.7 Å². The zero-order valence-electron chi connectivity index (χ0n) is 13.7. The van der Waals surface area contributed by atoms with Gasteiger partial charge in [-0.25, -0.2) is 9.37 Å². The smallest absolute Gasteiger partial charge is 0.270 e. The highest BCUT2D eigenvalue weighted by atomic mass is 19.1. The summed E-state index contributed by atoms with van der Waals surface area (Å²) in [5, 5.41) is 2.67. The number of halogens is 1. The van der Waals surface area contributed by atoms with Crippen LogP contribution in [0.2, 0.25) is 0 Å². The fourth-order valence-electron chi connectivity index (χ4n) is 2.52. The Kier molecular flexibility index (Phi) is 4.74. The minimum absolute atomic E-state index is 0.0479. The van der Waals surface area contributed by atoms with E-state index in [2.05, 4.69) is 15.3 Å². The van der Waals surface area contributed by atoms with Crippen LogP contribution in [0.1, 0.15) is 58.8 Å². The van der Waals surface area contributed by atoms with Crippen molar-refractivity contribution in [2.45, 2.75) is 38.1 Å². The van der Waals surface area contributed by atoms with Gasteiger partial charge in [-0.3, -0.25) is 14.4 Å². The summed E-state index contributed by atoms with van der Waals surface area (Å²) < 4.78 is 12.9. The fourth-order valence-corrected chi connectivity index (χ4v) is 2.52. The molecule has 6 nitrogen and oxygen atoms in total. The Morgan fingerprint density at radius 1 is 1.32 bits per heavy atom. The Hall–Kier alpha value is -2.83. The van der Waals surface area contributed by atoms with Gasteiger partial charge in [-0.2, -0.15) is 0 Å². The number of aromatic amines is 1. The average Bonchev–Trinajstić information content (AvgIpc) is 3.39. The topological polar surface area (TPSA) is 91.9 Å². The van der Waals surface area contributed by atoms with Crippen LogP contribution in [0, 0.1) is 5.82 Å². The highest BCUT2D eigenvalue weighted by Crippen LogP contribution is 2.37. The molecule has 2 aromatic rings. The maximum atomic E-state index is 12.9. The van der Waals surface area contributed by atoms with E-state index >= 15 is 0 Å². The molecule has 1 amide bonds. The second-order valence-electron chi connectivity index (χ2n) is 6.30. The number of carbonyl (C=O) groups excluding carboxylic acids is 2. The first-order valence-corrected chi connectivity index (χ1v) is 8.13. The third kappa shape index (κ3) is 4.37. The van der Waals surface area contributed by atoms with E-state index in [-0.39, 0.29) is 29.4 Å². The van der Waals surface area contributed by atoms with Gasteiger partial charge in [0, 0.05) is 30.0 Å². The lowest BCUT2D eigenvalue weighted by Gasteiger charge is -2.13. The van der Waals surface area contributed by atoms with Gasteiger partial charge < -0.3 is 10.3 Å². The van der Waals surface area contributed by atoms with Crippen molar-refractivity contribution in [3.63, 3.8) is 0 Å². The van der Waals surface area contributed by atoms with Crippen molar-refractivity contribution in [2.24, 2.45) is 0 Å². The van der Waals surface area contributed by atoms with Crippen LogP contribution >= 0.6 is 0 Å². The lowest BCUT2D eigenvalue weighted by molar-refractivity contribution is 0.0914. The standard InChI is InChI=1S/C18H18FN3O3/c1-10(8-15(23)11-4-6-13(19)7-5-11)20-18(25)14-9-16(24)22-17(21-14)12-2-3-12/h4-7,9-10,12H,2-3,8H2,1H3,(H,20,25)(H,21,22,24). The van der Waals surface area contributed by atoms with E-state index in [1.807, 2.05) is 0 Å². The molecule has 1 saturated carbocycles. The van der Waals surface area contributed by atoms with Crippen LogP contribution in [0.5, 0.6) is 0 Å². The van der Waals surface area contributed by atoms with Gasteiger partial charge in [-0.15, -0.1) is 0 Å². The molecule has 1 aromatic carbocycles. The summed E-state index contributed by atoms with van der Waals surface area (Å²) in [5.41, 5.74) is 0.0663. The summed E-state index contributed by atoms with van der Waals surface area (Å²) >= 11 is 0. The molecule has 1 aliphatic carbocycles. The normalized spacial score (nSPS) is 14.8. The minimum atomic E-state index is -0.493. The van der Waals surface area contributed by atoms with E-state index in [0.29, 0.717) is 11.4 Å². The van der Waals surface area contributed by atoms with E-state index in [1.54, 1.807) is 6.92 Å². The molecule has 2 N–H and O–H groups in total. The van der Waals surface area contributed by atoms with Crippen molar-refractivity contribution in [1.29, 1.82) is 0 Å². The first kappa shape index (κ1) is 17.0. The number of ketones is 1. The monoisotopic (exact) mass is 343 g/mol. The lowest BCUT2D eigenvalue weighted by Crippen LogP contribution is -2.35. The van der Waals surface area contributed by atoms with Crippen molar-refractivity contribution >= 4 is 11.7 Å². The Morgan fingerprint density at radius 2 is 2.00 bits per heavy atom. The van der Waals surface area contributed by atoms with E-state index in [4.69, 9.17) is 0 Å². The summed E-state index contributed by atoms with van der Waals surface area (Å²) in [7, 11) is 0. The van der Waals surface area contributed by atoms with Crippen LogP contribution in [0.15, 0.2) is 35.1 Å². The van der Waals surface area contributed by atoms with Crippen LogP contribution in [0.3, 0.4) is 0 Å². The van der Waals surface area contributed by atoms with Crippen LogP contribution < -0.4 is 10.9 Å². The Balaban J connectivity index is 1.63. The van der Waals surface area contributed by atoms with Crippen molar-refractivity contribution in [3.05, 3.63) is 63.6 Å². The molecule has 1 atom stereocenters. The quantitative estimate of drug-likeness (QED) is 0.787. The van der Waals surface area contributed by atoms with Gasteiger partial charge in [0.15, 0.2) is 5.78 Å². The zero-order chi connectivity index (χ0) is 18.0. The predicted molar refractivity (Wildman–Crippen MR) is 89.1 cm³/mol. The first-order chi connectivity index (χ1) is 11.9. The van der Waals surface area contributed by atoms with E-state index < -0.39 is 17.8 Å². The van der Waals surface area contributed by atoms with Gasteiger partial charge >= 0.3 is 0 Å². The molecule has 0 aliphatic heterocycles. The number of aromatic nitrogens is 2. The summed E-state index contributed by atoms with van der Waals surface area (Å²) in [4.78, 5) is 42.9. The number of rotatable bonds is 6. The van der Waals surface area contributed by atoms with Gasteiger partial charge in [0.2, 0.25) is 0 Å². The summed E-state index contributed by atoms with van der Waals surface area (Å²) in [6, 6.07) is 5.95. The molecule has 1 aromatic heterocycles. The molecular formula is C18H18FN3O3. The SMILES string of the molecule is CC(CC(=O)c1ccc(F)cc1)NC(=O)c1cc(=O)[nH]c(C2CC2)n1. The Bertz CT molecular complexity index is 857. The van der Waals surface area contributed by atoms with Crippen LogP contribution in [0.25, 0.3) is 0 Å². The van der Waals surface area contributed by atoms with Crippen molar-refractivity contribution in [3.8, 4) is 0 Å². The number of amides is 1. The van der Waals surface area contributed by atoms with Gasteiger partial charge in [0.1, 0.15) is 17.3 Å². The van der Waals surface area contributed by atoms with E-state index in [0.717, 1.165) is 18.9 Å². The zero-order valence-corrected chi connectivity index (χ0v) is 13.7. The maximum absolute atomic E-state index is 12.9. The summed E-state index contributed by atoms with van der Waals surface area (Å²) in [6.45, 7) is 1.69. The third-order valence-electron chi connectivity index (χ3n) is 3.99. The van der Waals surface area contributed by atoms with E-state index in [9.17, 15) is 18.8 Å². The number of carbonyl (C=O) groups is 2. The minimum Gasteiger partial charge on any atom is -0.348 e. The molecule has 7 heteroatoms. The van der Waals surface area contributed by atoms with Gasteiger partial charge in [-0.1, -0.05) is 0 Å². The Morgan fingerprint density at radius 3 is 2.64 bits per heavy atom. The van der Waals surface area contributed by atoms with Crippen molar-refractivity contribution in [1.82, 2.24) is 15.3 Å². The molecule has 1 fully saturated rings. The molecule has 0 radical (unpaired) electrons. The molecule has 1 aliphatic rings. The number of nitrogens with zero attached hydrogens (tertiary/aromatic N) is 1. The molecule has 3 rings (SSSR count). The summed E-state index contributed by atoms with van der Waals surface area (Å²) in [6.07, 6.45) is 1.98. The molecular weight excluding hydrogens is 325 g/mol. The van der Waals surface area contributed by atoms with Gasteiger partial charge in [0.05, 0.1) is 0 Å². The fraction of sp³-hybridized carbons (Fsp3) is 0.333. The Labute approximate surface area is 143 Å². The lowest BCUT2D eigenvalue weighted by atomic mass is 10.0. The molecule has 0 bridgehead atoms. The number of Topliss-reactive ketones (excluding diaryl/α,β-unsaturated/α-hetero) is 1. The predicted octanol–water partition coefficient (Wildman–Crippen LogP) is 2.18. The molecule has 1 heterocycles. The molecule has 1 unspecified atom stereocenters. The molecule has 25 heavy (non-hydrogen) atoms. The number of hydrogen-bond acceptors (Lipinski definition) is 4. The largest absolute Gasteiger partial charge is 0.348 e. The number of benzene rings is 1. The van der Waals surface area contributed by atoms with E-state index in [1.165, 1.54) is 24.3 Å². The molecule has 0 saturated heterocycles. The molecule has 0 spiro atoms. The maximum Gasteiger partial charge on any atom is 0.270 e. The molecule has 130 valence electrons. The van der Waals surface area contributed by atoms with Crippen molar-refractivity contribution in [2.75, 3.05) is 0 Å². The third-order valence-corrected chi connectivity index (χ3v) is 3.99. The second kappa shape index (κ2) is 6.96. The second-order valence-corrected chi connectivity index (χ2v) is 6.30. The average molecular weight is 343 g/mol. The van der Waals surface area contributed by atoms with Crippen LogP contribution in [0.4, 0.5) is 4.39 Å². The van der Waals surface area contributed by atoms with Gasteiger partial charge in [0.25, 0.3) is 11.5 Å². The highest BCUT2D eigenvalue weighted by Gasteiger charge is 2.27. The first-order valence-electron chi connectivity index (χ1n) is 8.13. The summed E-state index contributed by atoms with van der Waals surface area (Å²) in [5.74, 6) is -0.354. The van der Waals surface area contributed by atoms with Gasteiger partial charge in [-0.05, 0) is 44.0 Å². The van der Waals surface area contributed by atoms with Crippen LogP contribution in [-0.2, 0) is 0 Å². The number of H-pyrrole nitrogens is 1. The highest BCUT2D eigenvalue weighted by molar-refractivity contribution is 5.97.